The van der Waals surface area contributed by atoms with Gasteiger partial charge in [-0.3, -0.25) is 9.36 Å². The minimum Gasteiger partial charge on any atom is -0.357 e. The number of nitrogens with zero attached hydrogens (tertiary/aromatic N) is 3. The third kappa shape index (κ3) is 2.60. The van der Waals surface area contributed by atoms with Crippen LogP contribution in [0.2, 0.25) is 0 Å². The van der Waals surface area contributed by atoms with Gasteiger partial charge in [0.15, 0.2) is 5.65 Å². The zero-order chi connectivity index (χ0) is 14.2. The fourth-order valence-corrected chi connectivity index (χ4v) is 2.44. The van der Waals surface area contributed by atoms with E-state index in [4.69, 9.17) is 11.6 Å². The van der Waals surface area contributed by atoms with Gasteiger partial charge in [-0.15, -0.1) is 11.6 Å². The van der Waals surface area contributed by atoms with Crippen molar-refractivity contribution in [3.05, 3.63) is 22.6 Å². The molecule has 19 heavy (non-hydrogen) atoms. The van der Waals surface area contributed by atoms with Gasteiger partial charge >= 0.3 is 0 Å². The molecule has 2 heterocycles. The summed E-state index contributed by atoms with van der Waals surface area (Å²) in [5.74, 6) is 0.529. The SMILES string of the molecule is CNC(=O)C(C)n1c(C(C)Cl)nc2cc(Br)cnc21. The summed E-state index contributed by atoms with van der Waals surface area (Å²) in [7, 11) is 1.60. The molecule has 0 aliphatic carbocycles. The molecule has 0 aliphatic rings. The molecule has 2 aromatic rings. The minimum atomic E-state index is -0.417. The molecule has 0 aromatic carbocycles. The molecule has 2 aromatic heterocycles. The van der Waals surface area contributed by atoms with E-state index in [0.717, 1.165) is 4.47 Å². The number of likely N-dealkylation sites (N-methyl/N-ethyl adjacent to an activating group) is 1. The highest BCUT2D eigenvalue weighted by Crippen LogP contribution is 2.28. The number of alkyl halides is 1. The summed E-state index contributed by atoms with van der Waals surface area (Å²) in [6.07, 6.45) is 1.68. The van der Waals surface area contributed by atoms with Crippen LogP contribution in [0, 0.1) is 0 Å². The molecular formula is C12H14BrClN4O. The molecule has 2 atom stereocenters. The maximum absolute atomic E-state index is 11.9. The largest absolute Gasteiger partial charge is 0.357 e. The summed E-state index contributed by atoms with van der Waals surface area (Å²) in [6.45, 7) is 3.62. The van der Waals surface area contributed by atoms with Crippen molar-refractivity contribution >= 4 is 44.6 Å². The van der Waals surface area contributed by atoms with Crippen molar-refractivity contribution in [1.29, 1.82) is 0 Å². The van der Waals surface area contributed by atoms with Gasteiger partial charge in [-0.1, -0.05) is 0 Å². The van der Waals surface area contributed by atoms with Crippen molar-refractivity contribution in [3.8, 4) is 0 Å². The number of aromatic nitrogens is 3. The van der Waals surface area contributed by atoms with Crippen LogP contribution in [0.3, 0.4) is 0 Å². The number of carbonyl (C=O) groups excluding carboxylic acids is 1. The number of carbonyl (C=O) groups is 1. The zero-order valence-electron chi connectivity index (χ0n) is 10.8. The first-order valence-corrected chi connectivity index (χ1v) is 7.07. The van der Waals surface area contributed by atoms with E-state index in [1.54, 1.807) is 24.7 Å². The minimum absolute atomic E-state index is 0.109. The van der Waals surface area contributed by atoms with Crippen molar-refractivity contribution < 1.29 is 4.79 Å². The lowest BCUT2D eigenvalue weighted by Gasteiger charge is -2.16. The van der Waals surface area contributed by atoms with Crippen molar-refractivity contribution in [1.82, 2.24) is 19.9 Å². The van der Waals surface area contributed by atoms with Crippen LogP contribution >= 0.6 is 27.5 Å². The number of halogens is 2. The number of pyridine rings is 1. The van der Waals surface area contributed by atoms with E-state index in [2.05, 4.69) is 31.2 Å². The highest BCUT2D eigenvalue weighted by molar-refractivity contribution is 9.10. The quantitative estimate of drug-likeness (QED) is 0.870. The summed E-state index contributed by atoms with van der Waals surface area (Å²) < 4.78 is 2.61. The molecule has 1 amide bonds. The Morgan fingerprint density at radius 2 is 2.21 bits per heavy atom. The van der Waals surface area contributed by atoms with Gasteiger partial charge in [-0.2, -0.15) is 0 Å². The van der Waals surface area contributed by atoms with Crippen LogP contribution in [0.15, 0.2) is 16.7 Å². The zero-order valence-corrected chi connectivity index (χ0v) is 13.2. The third-order valence-corrected chi connectivity index (χ3v) is 3.52. The van der Waals surface area contributed by atoms with Crippen molar-refractivity contribution in [3.63, 3.8) is 0 Å². The van der Waals surface area contributed by atoms with E-state index >= 15 is 0 Å². The molecule has 0 aliphatic heterocycles. The van der Waals surface area contributed by atoms with E-state index in [1.165, 1.54) is 0 Å². The number of hydrogen-bond donors (Lipinski definition) is 1. The van der Waals surface area contributed by atoms with Crippen LogP contribution < -0.4 is 5.32 Å². The van der Waals surface area contributed by atoms with Crippen LogP contribution in [0.4, 0.5) is 0 Å². The van der Waals surface area contributed by atoms with E-state index in [-0.39, 0.29) is 11.3 Å². The average molecular weight is 346 g/mol. The second-order valence-electron chi connectivity index (χ2n) is 4.24. The Balaban J connectivity index is 2.68. The molecule has 0 fully saturated rings. The van der Waals surface area contributed by atoms with Gasteiger partial charge < -0.3 is 5.32 Å². The van der Waals surface area contributed by atoms with Crippen LogP contribution in [0.1, 0.15) is 31.1 Å². The molecule has 1 N–H and O–H groups in total. The maximum atomic E-state index is 11.9. The maximum Gasteiger partial charge on any atom is 0.242 e. The molecule has 7 heteroatoms. The molecule has 0 saturated heterocycles. The standard InChI is InChI=1S/C12H14BrClN4O/c1-6(14)10-17-9-4-8(13)5-16-11(9)18(10)7(2)12(19)15-3/h4-7H,1-3H3,(H,15,19). The van der Waals surface area contributed by atoms with E-state index in [0.29, 0.717) is 17.0 Å². The van der Waals surface area contributed by atoms with Gasteiger partial charge in [0.25, 0.3) is 0 Å². The Hall–Kier alpha value is -1.14. The summed E-state index contributed by atoms with van der Waals surface area (Å²) in [4.78, 5) is 20.7. The number of fused-ring (bicyclic) bond motifs is 1. The Morgan fingerprint density at radius 1 is 1.53 bits per heavy atom. The lowest BCUT2D eigenvalue weighted by molar-refractivity contribution is -0.123. The number of hydrogen-bond acceptors (Lipinski definition) is 3. The monoisotopic (exact) mass is 344 g/mol. The number of amides is 1. The van der Waals surface area contributed by atoms with Gasteiger partial charge in [0.1, 0.15) is 17.4 Å². The lowest BCUT2D eigenvalue weighted by Crippen LogP contribution is -2.29. The number of rotatable bonds is 3. The van der Waals surface area contributed by atoms with E-state index < -0.39 is 6.04 Å². The summed E-state index contributed by atoms with van der Waals surface area (Å²) in [5.41, 5.74) is 1.37. The van der Waals surface area contributed by atoms with Gasteiger partial charge in [0.2, 0.25) is 5.91 Å². The summed E-state index contributed by atoms with van der Waals surface area (Å²) >= 11 is 9.52. The molecule has 102 valence electrons. The second kappa shape index (κ2) is 5.46. The molecule has 0 bridgehead atoms. The van der Waals surface area contributed by atoms with Gasteiger partial charge in [-0.25, -0.2) is 9.97 Å². The lowest BCUT2D eigenvalue weighted by atomic mass is 10.3. The van der Waals surface area contributed by atoms with Gasteiger partial charge in [0.05, 0.1) is 5.38 Å². The fourth-order valence-electron chi connectivity index (χ4n) is 1.96. The molecule has 0 spiro atoms. The Morgan fingerprint density at radius 3 is 2.79 bits per heavy atom. The van der Waals surface area contributed by atoms with E-state index in [9.17, 15) is 4.79 Å². The number of nitrogens with one attached hydrogen (secondary N) is 1. The normalized spacial score (nSPS) is 14.4. The molecular weight excluding hydrogens is 332 g/mol. The topological polar surface area (TPSA) is 59.8 Å². The predicted octanol–water partition coefficient (Wildman–Crippen LogP) is 2.80. The Kier molecular flexibility index (Phi) is 4.10. The molecule has 2 unspecified atom stereocenters. The molecule has 0 radical (unpaired) electrons. The highest BCUT2D eigenvalue weighted by Gasteiger charge is 2.23. The predicted molar refractivity (Wildman–Crippen MR) is 78.3 cm³/mol. The van der Waals surface area contributed by atoms with Crippen molar-refractivity contribution in [2.75, 3.05) is 7.05 Å². The van der Waals surface area contributed by atoms with Crippen LogP contribution in [-0.4, -0.2) is 27.5 Å². The Bertz CT molecular complexity index is 625. The third-order valence-electron chi connectivity index (χ3n) is 2.89. The van der Waals surface area contributed by atoms with Crippen LogP contribution in [-0.2, 0) is 4.79 Å². The number of imidazole rings is 1. The van der Waals surface area contributed by atoms with Crippen molar-refractivity contribution in [2.45, 2.75) is 25.3 Å². The van der Waals surface area contributed by atoms with Gasteiger partial charge in [-0.05, 0) is 35.8 Å². The van der Waals surface area contributed by atoms with Crippen LogP contribution in [0.5, 0.6) is 0 Å². The average Bonchev–Trinajstić information content (AvgIpc) is 2.75. The first-order valence-electron chi connectivity index (χ1n) is 5.84. The smallest absolute Gasteiger partial charge is 0.242 e. The van der Waals surface area contributed by atoms with Gasteiger partial charge in [0, 0.05) is 17.7 Å². The first kappa shape index (κ1) is 14.3. The molecule has 0 saturated carbocycles. The Labute approximate surface area is 124 Å². The highest BCUT2D eigenvalue weighted by atomic mass is 79.9. The first-order chi connectivity index (χ1) is 8.95. The summed E-state index contributed by atoms with van der Waals surface area (Å²) in [6, 6.07) is 1.44. The molecule has 5 nitrogen and oxygen atoms in total. The molecule has 2 rings (SSSR count). The van der Waals surface area contributed by atoms with Crippen LogP contribution in [0.25, 0.3) is 11.2 Å². The van der Waals surface area contributed by atoms with E-state index in [1.807, 2.05) is 13.0 Å². The van der Waals surface area contributed by atoms with Crippen molar-refractivity contribution in [2.24, 2.45) is 0 Å². The summed E-state index contributed by atoms with van der Waals surface area (Å²) in [5, 5.41) is 2.32. The fraction of sp³-hybridized carbons (Fsp3) is 0.417. The second-order valence-corrected chi connectivity index (χ2v) is 5.81.